The van der Waals surface area contributed by atoms with Crippen molar-refractivity contribution < 1.29 is 9.53 Å². The van der Waals surface area contributed by atoms with Crippen LogP contribution < -0.4 is 5.32 Å². The summed E-state index contributed by atoms with van der Waals surface area (Å²) in [4.78, 5) is 18.4. The second-order valence-electron chi connectivity index (χ2n) is 6.77. The summed E-state index contributed by atoms with van der Waals surface area (Å²) in [5.74, 6) is 0.544. The molecule has 1 aromatic heterocycles. The minimum Gasteiger partial charge on any atom is -0.462 e. The van der Waals surface area contributed by atoms with E-state index in [1.165, 1.54) is 5.69 Å². The van der Waals surface area contributed by atoms with Gasteiger partial charge in [0.05, 0.1) is 11.2 Å². The summed E-state index contributed by atoms with van der Waals surface area (Å²) in [6.07, 6.45) is 3.94. The maximum absolute atomic E-state index is 9.60. The lowest BCUT2D eigenvalue weighted by molar-refractivity contribution is -0.138. The highest BCUT2D eigenvalue weighted by Crippen LogP contribution is 2.29. The highest BCUT2D eigenvalue weighted by molar-refractivity contribution is 6.31. The van der Waals surface area contributed by atoms with Crippen LogP contribution in [0.5, 0.6) is 0 Å². The van der Waals surface area contributed by atoms with Crippen LogP contribution in [0.15, 0.2) is 24.5 Å². The Bertz CT molecular complexity index is 680. The molecule has 0 atom stereocenters. The average Bonchev–Trinajstić information content (AvgIpc) is 2.54. The molecule has 1 aliphatic heterocycles. The largest absolute Gasteiger partial charge is 0.462 e. The zero-order valence-corrected chi connectivity index (χ0v) is 15.1. The molecule has 0 radical (unpaired) electrons. The lowest BCUT2D eigenvalue weighted by Crippen LogP contribution is -2.27. The Kier molecular flexibility index (Phi) is 6.52. The Morgan fingerprint density at radius 1 is 1.25 bits per heavy atom. The van der Waals surface area contributed by atoms with E-state index in [-0.39, 0.29) is 5.60 Å². The van der Waals surface area contributed by atoms with Crippen molar-refractivity contribution >= 4 is 29.0 Å². The molecular weight excluding hydrogens is 326 g/mol. The van der Waals surface area contributed by atoms with Crippen LogP contribution in [0.3, 0.4) is 0 Å². The normalized spacial score (nSPS) is 15.5. The van der Waals surface area contributed by atoms with E-state index in [0.717, 1.165) is 41.9 Å². The van der Waals surface area contributed by atoms with Crippen LogP contribution in [0, 0.1) is 0 Å². The van der Waals surface area contributed by atoms with Crippen molar-refractivity contribution in [3.8, 4) is 0 Å². The zero-order valence-electron chi connectivity index (χ0n) is 14.4. The Morgan fingerprint density at radius 3 is 2.54 bits per heavy atom. The first kappa shape index (κ1) is 18.6. The van der Waals surface area contributed by atoms with Gasteiger partial charge in [0.2, 0.25) is 0 Å². The minimum atomic E-state index is -0.318. The third kappa shape index (κ3) is 5.42. The van der Waals surface area contributed by atoms with Gasteiger partial charge < -0.3 is 10.1 Å². The number of hydrogen-bond donors (Lipinski definition) is 1. The summed E-state index contributed by atoms with van der Waals surface area (Å²) in [7, 11) is 0. The fraction of sp³-hybridized carbons (Fsp3) is 0.500. The van der Waals surface area contributed by atoms with Gasteiger partial charge in [-0.25, -0.2) is 9.97 Å². The van der Waals surface area contributed by atoms with Crippen LogP contribution >= 0.6 is 11.6 Å². The van der Waals surface area contributed by atoms with Gasteiger partial charge in [0.25, 0.3) is 6.47 Å². The molecule has 24 heavy (non-hydrogen) atoms. The van der Waals surface area contributed by atoms with Crippen LogP contribution in [0.25, 0.3) is 10.9 Å². The van der Waals surface area contributed by atoms with Crippen molar-refractivity contribution in [2.75, 3.05) is 13.1 Å². The predicted octanol–water partition coefficient (Wildman–Crippen LogP) is 3.71. The van der Waals surface area contributed by atoms with E-state index in [1.54, 1.807) is 6.33 Å². The van der Waals surface area contributed by atoms with Gasteiger partial charge in [-0.15, -0.1) is 0 Å². The summed E-state index contributed by atoms with van der Waals surface area (Å²) in [6, 6.07) is 5.86. The summed E-state index contributed by atoms with van der Waals surface area (Å²) >= 11 is 5.99. The van der Waals surface area contributed by atoms with Crippen molar-refractivity contribution in [2.45, 2.75) is 45.1 Å². The molecule has 0 unspecified atom stereocenters. The third-order valence-corrected chi connectivity index (χ3v) is 3.99. The quantitative estimate of drug-likeness (QED) is 0.837. The Balaban J connectivity index is 0.000000256. The van der Waals surface area contributed by atoms with Crippen LogP contribution in [0.1, 0.15) is 45.2 Å². The first-order valence-electron chi connectivity index (χ1n) is 8.13. The van der Waals surface area contributed by atoms with Crippen molar-refractivity contribution in [1.29, 1.82) is 0 Å². The van der Waals surface area contributed by atoms with Crippen molar-refractivity contribution in [3.05, 3.63) is 35.2 Å². The topological polar surface area (TPSA) is 64.1 Å². The van der Waals surface area contributed by atoms with Gasteiger partial charge in [-0.05, 0) is 64.9 Å². The lowest BCUT2D eigenvalue weighted by atomic mass is 9.92. The fourth-order valence-electron chi connectivity index (χ4n) is 2.62. The monoisotopic (exact) mass is 349 g/mol. The number of hydrogen-bond acceptors (Lipinski definition) is 5. The lowest BCUT2D eigenvalue weighted by Gasteiger charge is -2.22. The van der Waals surface area contributed by atoms with E-state index >= 15 is 0 Å². The number of nitrogens with one attached hydrogen (secondary N) is 1. The minimum absolute atomic E-state index is 0.318. The van der Waals surface area contributed by atoms with E-state index in [1.807, 2.05) is 39.0 Å². The number of fused-ring (bicyclic) bond motifs is 1. The SMILES string of the molecule is CC(C)(C)OC=O.Clc1ccc2c(C3CCNCC3)ncnc2c1. The number of benzene rings is 1. The molecule has 0 bridgehead atoms. The summed E-state index contributed by atoms with van der Waals surface area (Å²) in [5.41, 5.74) is 1.80. The molecule has 6 heteroatoms. The number of carbonyl (C=O) groups excluding carboxylic acids is 1. The highest BCUT2D eigenvalue weighted by atomic mass is 35.5. The molecule has 1 fully saturated rings. The standard InChI is InChI=1S/C13H14ClN3.C5H10O2/c14-10-1-2-11-12(7-10)16-8-17-13(11)9-3-5-15-6-4-9;1-5(2,3)7-4-6/h1-2,7-9,15H,3-6H2;4H,1-3H3. The van der Waals surface area contributed by atoms with Crippen LogP contribution in [-0.4, -0.2) is 35.1 Å². The number of nitrogens with zero attached hydrogens (tertiary/aromatic N) is 2. The smallest absolute Gasteiger partial charge is 0.293 e. The van der Waals surface area contributed by atoms with E-state index in [0.29, 0.717) is 12.4 Å². The number of halogens is 1. The van der Waals surface area contributed by atoms with Crippen molar-refractivity contribution in [1.82, 2.24) is 15.3 Å². The zero-order chi connectivity index (χ0) is 17.6. The molecule has 130 valence electrons. The molecule has 2 heterocycles. The Morgan fingerprint density at radius 2 is 1.96 bits per heavy atom. The van der Waals surface area contributed by atoms with Gasteiger partial charge in [0, 0.05) is 16.3 Å². The molecule has 0 spiro atoms. The Labute approximate surface area is 147 Å². The number of piperidine rings is 1. The van der Waals surface area contributed by atoms with Gasteiger partial charge in [-0.3, -0.25) is 4.79 Å². The van der Waals surface area contributed by atoms with Gasteiger partial charge in [-0.1, -0.05) is 11.6 Å². The fourth-order valence-corrected chi connectivity index (χ4v) is 2.78. The van der Waals surface area contributed by atoms with Crippen molar-refractivity contribution in [3.63, 3.8) is 0 Å². The van der Waals surface area contributed by atoms with Crippen LogP contribution in [0.4, 0.5) is 0 Å². The molecule has 1 aromatic carbocycles. The molecule has 1 N–H and O–H groups in total. The van der Waals surface area contributed by atoms with Crippen molar-refractivity contribution in [2.24, 2.45) is 0 Å². The van der Waals surface area contributed by atoms with E-state index in [4.69, 9.17) is 11.6 Å². The first-order chi connectivity index (χ1) is 11.4. The van der Waals surface area contributed by atoms with Crippen LogP contribution in [-0.2, 0) is 9.53 Å². The molecule has 0 saturated carbocycles. The number of carbonyl (C=O) groups is 1. The van der Waals surface area contributed by atoms with E-state index in [9.17, 15) is 4.79 Å². The highest BCUT2D eigenvalue weighted by Gasteiger charge is 2.18. The molecule has 5 nitrogen and oxygen atoms in total. The van der Waals surface area contributed by atoms with Gasteiger partial charge in [0.1, 0.15) is 11.9 Å². The number of aromatic nitrogens is 2. The predicted molar refractivity (Wildman–Crippen MR) is 96.3 cm³/mol. The molecule has 2 aromatic rings. The van der Waals surface area contributed by atoms with Gasteiger partial charge in [0.15, 0.2) is 0 Å². The number of ether oxygens (including phenoxy) is 1. The third-order valence-electron chi connectivity index (χ3n) is 3.76. The maximum atomic E-state index is 9.60. The molecular formula is C18H24ClN3O2. The second-order valence-corrected chi connectivity index (χ2v) is 7.21. The molecule has 1 saturated heterocycles. The van der Waals surface area contributed by atoms with Gasteiger partial charge >= 0.3 is 0 Å². The van der Waals surface area contributed by atoms with Crippen LogP contribution in [0.2, 0.25) is 5.02 Å². The first-order valence-corrected chi connectivity index (χ1v) is 8.51. The average molecular weight is 350 g/mol. The number of rotatable bonds is 2. The Hall–Kier alpha value is -1.72. The molecule has 3 rings (SSSR count). The molecule has 0 aliphatic carbocycles. The summed E-state index contributed by atoms with van der Waals surface area (Å²) in [6.45, 7) is 8.07. The van der Waals surface area contributed by atoms with Gasteiger partial charge in [-0.2, -0.15) is 0 Å². The molecule has 1 aliphatic rings. The second kappa shape index (κ2) is 8.40. The summed E-state index contributed by atoms with van der Waals surface area (Å²) in [5, 5.41) is 5.25. The molecule has 0 amide bonds. The summed E-state index contributed by atoms with van der Waals surface area (Å²) < 4.78 is 4.55. The van der Waals surface area contributed by atoms with E-state index in [2.05, 4.69) is 20.0 Å². The van der Waals surface area contributed by atoms with E-state index < -0.39 is 0 Å². The maximum Gasteiger partial charge on any atom is 0.293 e.